The fourth-order valence-corrected chi connectivity index (χ4v) is 1.60. The Hall–Kier alpha value is -2.40. The van der Waals surface area contributed by atoms with Crippen LogP contribution >= 0.6 is 0 Å². The first-order chi connectivity index (χ1) is 9.22. The van der Waals surface area contributed by atoms with Crippen LogP contribution in [0.2, 0.25) is 0 Å². The molecule has 0 radical (unpaired) electrons. The van der Waals surface area contributed by atoms with Gasteiger partial charge in [-0.25, -0.2) is 0 Å². The fraction of sp³-hybridized carbons (Fsp3) is 0.143. The third kappa shape index (κ3) is 3.29. The highest BCUT2D eigenvalue weighted by Crippen LogP contribution is 2.22. The molecular formula is C14H15N3O2. The number of ether oxygens (including phenoxy) is 1. The second-order valence-electron chi connectivity index (χ2n) is 3.91. The van der Waals surface area contributed by atoms with Crippen LogP contribution in [0.3, 0.4) is 0 Å². The summed E-state index contributed by atoms with van der Waals surface area (Å²) in [5, 5.41) is 2.52. The maximum absolute atomic E-state index is 11.5. The van der Waals surface area contributed by atoms with Crippen molar-refractivity contribution >= 4 is 5.91 Å². The Kier molecular flexibility index (Phi) is 4.10. The topological polar surface area (TPSA) is 77.2 Å². The Morgan fingerprint density at radius 2 is 2.11 bits per heavy atom. The molecule has 0 aliphatic rings. The lowest BCUT2D eigenvalue weighted by molar-refractivity contribution is 0.0958. The van der Waals surface area contributed by atoms with Crippen LogP contribution in [0, 0.1) is 0 Å². The lowest BCUT2D eigenvalue weighted by Crippen LogP contribution is -2.18. The molecule has 0 atom stereocenters. The number of aromatic nitrogens is 1. The summed E-state index contributed by atoms with van der Waals surface area (Å²) in [6.07, 6.45) is 1.53. The molecule has 3 N–H and O–H groups in total. The average molecular weight is 257 g/mol. The van der Waals surface area contributed by atoms with Gasteiger partial charge in [-0.1, -0.05) is 12.1 Å². The molecule has 1 heterocycles. The summed E-state index contributed by atoms with van der Waals surface area (Å²) >= 11 is 0. The predicted molar refractivity (Wildman–Crippen MR) is 72.0 cm³/mol. The lowest BCUT2D eigenvalue weighted by atomic mass is 10.2. The summed E-state index contributed by atoms with van der Waals surface area (Å²) in [6, 6.07) is 10.8. The summed E-state index contributed by atoms with van der Waals surface area (Å²) in [5.41, 5.74) is 6.87. The van der Waals surface area contributed by atoms with Gasteiger partial charge < -0.3 is 15.8 Å². The molecule has 0 saturated carbocycles. The third-order valence-corrected chi connectivity index (χ3v) is 2.56. The van der Waals surface area contributed by atoms with Crippen molar-refractivity contribution in [3.05, 3.63) is 53.9 Å². The lowest BCUT2D eigenvalue weighted by Gasteiger charge is -2.07. The van der Waals surface area contributed by atoms with E-state index in [4.69, 9.17) is 10.5 Å². The number of carbonyl (C=O) groups is 1. The van der Waals surface area contributed by atoms with Crippen molar-refractivity contribution in [1.82, 2.24) is 10.3 Å². The summed E-state index contributed by atoms with van der Waals surface area (Å²) in [6.45, 7) is 0.455. The van der Waals surface area contributed by atoms with E-state index < -0.39 is 0 Å². The van der Waals surface area contributed by atoms with Crippen molar-refractivity contribution in [2.45, 2.75) is 6.54 Å². The highest BCUT2D eigenvalue weighted by Gasteiger charge is 2.06. The van der Waals surface area contributed by atoms with Gasteiger partial charge in [-0.15, -0.1) is 0 Å². The van der Waals surface area contributed by atoms with E-state index in [9.17, 15) is 4.79 Å². The number of nitrogens with zero attached hydrogens (tertiary/aromatic N) is 1. The van der Waals surface area contributed by atoms with E-state index in [0.29, 0.717) is 23.7 Å². The van der Waals surface area contributed by atoms with E-state index in [1.807, 2.05) is 24.3 Å². The summed E-state index contributed by atoms with van der Waals surface area (Å²) < 4.78 is 5.68. The highest BCUT2D eigenvalue weighted by molar-refractivity contribution is 5.92. The zero-order valence-electron chi connectivity index (χ0n) is 10.6. The van der Waals surface area contributed by atoms with Crippen LogP contribution in [-0.4, -0.2) is 17.9 Å². The Balaban J connectivity index is 2.20. The Morgan fingerprint density at radius 1 is 1.32 bits per heavy atom. The molecule has 1 amide bonds. The molecule has 2 aromatic rings. The van der Waals surface area contributed by atoms with Gasteiger partial charge in [-0.3, -0.25) is 9.78 Å². The Bertz CT molecular complexity index is 584. The Morgan fingerprint density at radius 3 is 2.84 bits per heavy atom. The fourth-order valence-electron chi connectivity index (χ4n) is 1.60. The van der Waals surface area contributed by atoms with Gasteiger partial charge in [0.15, 0.2) is 0 Å². The molecule has 0 unspecified atom stereocenters. The van der Waals surface area contributed by atoms with Gasteiger partial charge in [0.25, 0.3) is 5.91 Å². The van der Waals surface area contributed by atoms with Gasteiger partial charge >= 0.3 is 0 Å². The van der Waals surface area contributed by atoms with E-state index in [0.717, 1.165) is 5.56 Å². The normalized spacial score (nSPS) is 10.0. The van der Waals surface area contributed by atoms with Gasteiger partial charge in [-0.05, 0) is 23.8 Å². The van der Waals surface area contributed by atoms with Crippen LogP contribution in [0.4, 0.5) is 0 Å². The van der Waals surface area contributed by atoms with Crippen molar-refractivity contribution in [2.24, 2.45) is 5.73 Å². The van der Waals surface area contributed by atoms with Crippen LogP contribution < -0.4 is 15.8 Å². The van der Waals surface area contributed by atoms with Crippen molar-refractivity contribution in [3.63, 3.8) is 0 Å². The summed E-state index contributed by atoms with van der Waals surface area (Å²) in [4.78, 5) is 15.4. The third-order valence-electron chi connectivity index (χ3n) is 2.56. The molecule has 19 heavy (non-hydrogen) atoms. The molecule has 1 aromatic heterocycles. The number of pyridine rings is 1. The van der Waals surface area contributed by atoms with Crippen LogP contribution in [-0.2, 0) is 6.54 Å². The summed E-state index contributed by atoms with van der Waals surface area (Å²) in [5.74, 6) is 0.987. The number of hydrogen-bond donors (Lipinski definition) is 2. The van der Waals surface area contributed by atoms with Gasteiger partial charge in [0.05, 0.1) is 0 Å². The first kappa shape index (κ1) is 13.0. The van der Waals surface area contributed by atoms with E-state index in [1.165, 1.54) is 6.20 Å². The van der Waals surface area contributed by atoms with Crippen LogP contribution in [0.15, 0.2) is 42.6 Å². The van der Waals surface area contributed by atoms with Crippen LogP contribution in [0.25, 0.3) is 0 Å². The standard InChI is InChI=1S/C14H15N3O2/c1-16-14(18)13-8-12(5-6-17-13)19-11-4-2-3-10(7-11)9-15/h2-8H,9,15H2,1H3,(H,16,18). The molecule has 98 valence electrons. The number of benzene rings is 1. The van der Waals surface area contributed by atoms with E-state index in [2.05, 4.69) is 10.3 Å². The second-order valence-corrected chi connectivity index (χ2v) is 3.91. The molecule has 0 spiro atoms. The SMILES string of the molecule is CNC(=O)c1cc(Oc2cccc(CN)c2)ccn1. The minimum Gasteiger partial charge on any atom is -0.457 e. The number of nitrogens with one attached hydrogen (secondary N) is 1. The molecule has 1 aromatic carbocycles. The number of amides is 1. The van der Waals surface area contributed by atoms with Crippen molar-refractivity contribution in [1.29, 1.82) is 0 Å². The molecule has 0 aliphatic carbocycles. The van der Waals surface area contributed by atoms with Gasteiger partial charge in [0.2, 0.25) is 0 Å². The molecule has 5 heteroatoms. The molecule has 0 saturated heterocycles. The van der Waals surface area contributed by atoms with Crippen LogP contribution in [0.1, 0.15) is 16.1 Å². The number of rotatable bonds is 4. The second kappa shape index (κ2) is 5.97. The number of nitrogens with two attached hydrogens (primary N) is 1. The van der Waals surface area contributed by atoms with Gasteiger partial charge in [0.1, 0.15) is 17.2 Å². The van der Waals surface area contributed by atoms with Crippen molar-refractivity contribution in [3.8, 4) is 11.5 Å². The first-order valence-electron chi connectivity index (χ1n) is 5.88. The first-order valence-corrected chi connectivity index (χ1v) is 5.88. The zero-order chi connectivity index (χ0) is 13.7. The predicted octanol–water partition coefficient (Wildman–Crippen LogP) is 1.69. The molecule has 0 aliphatic heterocycles. The maximum atomic E-state index is 11.5. The van der Waals surface area contributed by atoms with Crippen molar-refractivity contribution < 1.29 is 9.53 Å². The smallest absolute Gasteiger partial charge is 0.269 e. The van der Waals surface area contributed by atoms with E-state index >= 15 is 0 Å². The molecule has 5 nitrogen and oxygen atoms in total. The molecule has 0 bridgehead atoms. The maximum Gasteiger partial charge on any atom is 0.269 e. The molecule has 0 fully saturated rings. The zero-order valence-corrected chi connectivity index (χ0v) is 10.6. The quantitative estimate of drug-likeness (QED) is 0.873. The Labute approximate surface area is 111 Å². The van der Waals surface area contributed by atoms with Gasteiger partial charge in [0, 0.05) is 25.9 Å². The van der Waals surface area contributed by atoms with Gasteiger partial charge in [-0.2, -0.15) is 0 Å². The van der Waals surface area contributed by atoms with Crippen LogP contribution in [0.5, 0.6) is 11.5 Å². The minimum absolute atomic E-state index is 0.249. The van der Waals surface area contributed by atoms with E-state index in [1.54, 1.807) is 19.2 Å². The van der Waals surface area contributed by atoms with E-state index in [-0.39, 0.29) is 5.91 Å². The van der Waals surface area contributed by atoms with Crippen molar-refractivity contribution in [2.75, 3.05) is 7.05 Å². The largest absolute Gasteiger partial charge is 0.457 e. The highest BCUT2D eigenvalue weighted by atomic mass is 16.5. The minimum atomic E-state index is -0.249. The number of carbonyl (C=O) groups excluding carboxylic acids is 1. The monoisotopic (exact) mass is 257 g/mol. The molecule has 2 rings (SSSR count). The molecular weight excluding hydrogens is 242 g/mol. The summed E-state index contributed by atoms with van der Waals surface area (Å²) in [7, 11) is 1.56. The average Bonchev–Trinajstić information content (AvgIpc) is 2.47. The number of hydrogen-bond acceptors (Lipinski definition) is 4.